The highest BCUT2D eigenvalue weighted by atomic mass is 35.5. The second-order valence-corrected chi connectivity index (χ2v) is 25.5. The van der Waals surface area contributed by atoms with E-state index < -0.39 is 20.0 Å². The molecule has 2 aliphatic rings. The van der Waals surface area contributed by atoms with Gasteiger partial charge in [0.2, 0.25) is 11.8 Å². The Hall–Kier alpha value is -6.98. The van der Waals surface area contributed by atoms with Crippen molar-refractivity contribution in [3.63, 3.8) is 0 Å². The van der Waals surface area contributed by atoms with Crippen LogP contribution in [0.4, 0.5) is 11.4 Å². The van der Waals surface area contributed by atoms with Crippen LogP contribution in [-0.2, 0) is 32.9 Å². The molecule has 2 aliphatic heterocycles. The molecule has 0 unspecified atom stereocenters. The number of aromatic nitrogens is 5. The second-order valence-electron chi connectivity index (χ2n) is 17.4. The van der Waals surface area contributed by atoms with Crippen LogP contribution in [0, 0.1) is 13.8 Å². The number of halogens is 1. The maximum Gasteiger partial charge on any atom is 0.262 e. The number of nitrogens with one attached hydrogen (secondary N) is 2. The largest absolute Gasteiger partial charge is 0.480 e. The zero-order valence-electron chi connectivity index (χ0n) is 40.1. The van der Waals surface area contributed by atoms with Crippen LogP contribution in [0.3, 0.4) is 0 Å². The third kappa shape index (κ3) is 9.58. The van der Waals surface area contributed by atoms with Crippen molar-refractivity contribution >= 4 is 120 Å². The SMILES string of the molecule is COc1ncc2cc1NS(=O)(=O)c1ccc(Cl)c(c1)C(=O)CCc1ccc(s1)-c1ccnc3c(C)c-2sc13.COc1ncc2cc1NS(=O)(=O)c1cccc(c1)C(=O)CCc1ccc(s1)-c1ncnc3c(C)c-2sc13. The van der Waals surface area contributed by atoms with E-state index in [-0.39, 0.29) is 67.9 Å². The van der Waals surface area contributed by atoms with Crippen molar-refractivity contribution in [3.8, 4) is 53.7 Å². The Kier molecular flexibility index (Phi) is 13.3. The fraction of sp³-hybridized carbons (Fsp3) is 0.151. The maximum absolute atomic E-state index is 13.4. The minimum Gasteiger partial charge on any atom is -0.480 e. The lowest BCUT2D eigenvalue weighted by atomic mass is 10.1. The predicted molar refractivity (Wildman–Crippen MR) is 298 cm³/mol. The molecule has 2 aromatic carbocycles. The number of hydrogen-bond acceptors (Lipinski definition) is 17. The fourth-order valence-corrected chi connectivity index (χ4v) is 15.9. The third-order valence-electron chi connectivity index (χ3n) is 12.6. The van der Waals surface area contributed by atoms with Gasteiger partial charge in [0.15, 0.2) is 11.6 Å². The monoisotopic (exact) mass is 1130 g/mol. The molecule has 16 bridgehead atoms. The minimum atomic E-state index is -4.09. The Balaban J connectivity index is 0.000000161. The van der Waals surface area contributed by atoms with Crippen molar-refractivity contribution in [1.82, 2.24) is 24.9 Å². The summed E-state index contributed by atoms with van der Waals surface area (Å²) in [5.74, 6) is -0.0912. The molecular weight excluding hydrogens is 1090 g/mol. The van der Waals surface area contributed by atoms with Gasteiger partial charge in [0.1, 0.15) is 23.4 Å². The van der Waals surface area contributed by atoms with Crippen molar-refractivity contribution in [1.29, 1.82) is 0 Å². The quantitative estimate of drug-likeness (QED) is 0.165. The molecule has 0 fully saturated rings. The number of anilines is 2. The van der Waals surface area contributed by atoms with Crippen molar-refractivity contribution in [2.45, 2.75) is 49.3 Å². The van der Waals surface area contributed by atoms with E-state index in [4.69, 9.17) is 21.1 Å². The first-order chi connectivity index (χ1) is 36.1. The standard InChI is InChI=1S/C27H20ClN3O4S3.C26H20N4O4S3/c1-14-24-26-18(9-10-29-24)23-8-4-16(36-23)3-7-22(32)19-12-17(5-6-20(19)28)38(33,34)31-21-11-15(25(14)37-26)13-30-27(21)35-2;1-14-22-25-23(29-13-28-22)21-9-7-17(35-21)6-8-20(31)15-4-3-5-18(10-15)37(32,33)30-19-11-16(24(14)36-25)12-27-26(19)34-2/h4-6,8-13,31H,3,7H2,1-2H3;3-5,7,9-13,30H,6,8H2,1-2H3. The van der Waals surface area contributed by atoms with Gasteiger partial charge >= 0.3 is 0 Å². The Morgan fingerprint density at radius 2 is 1.15 bits per heavy atom. The van der Waals surface area contributed by atoms with Gasteiger partial charge in [-0.1, -0.05) is 23.7 Å². The fourth-order valence-electron chi connectivity index (χ4n) is 8.85. The average molecular weight is 1130 g/mol. The topological polar surface area (TPSA) is 209 Å². The number of benzene rings is 2. The van der Waals surface area contributed by atoms with Crippen molar-refractivity contribution in [2.24, 2.45) is 0 Å². The van der Waals surface area contributed by atoms with Crippen LogP contribution in [0.25, 0.3) is 62.3 Å². The second kappa shape index (κ2) is 19.9. The van der Waals surface area contributed by atoms with E-state index in [1.54, 1.807) is 83.2 Å². The maximum atomic E-state index is 13.4. The first-order valence-corrected chi connectivity index (χ1v) is 29.6. The number of pyridine rings is 3. The number of ketones is 2. The van der Waals surface area contributed by atoms with E-state index in [0.29, 0.717) is 18.4 Å². The molecule has 0 atom stereocenters. The number of sulfonamides is 2. The number of methoxy groups -OCH3 is 2. The highest BCUT2D eigenvalue weighted by Gasteiger charge is 2.26. The summed E-state index contributed by atoms with van der Waals surface area (Å²) < 4.78 is 71.4. The van der Waals surface area contributed by atoms with Gasteiger partial charge in [-0.25, -0.2) is 36.8 Å². The predicted octanol–water partition coefficient (Wildman–Crippen LogP) is 12.7. The number of hydrogen-bond donors (Lipinski definition) is 2. The van der Waals surface area contributed by atoms with Crippen LogP contribution < -0.4 is 18.9 Å². The van der Waals surface area contributed by atoms with Crippen LogP contribution in [-0.4, -0.2) is 67.5 Å². The molecule has 12 rings (SSSR count). The van der Waals surface area contributed by atoms with Crippen molar-refractivity contribution in [3.05, 3.63) is 147 Å². The number of Topliss-reactive ketones (excluding diaryl/α,β-unsaturated/α-hetero) is 2. The summed E-state index contributed by atoms with van der Waals surface area (Å²) in [4.78, 5) is 54.5. The lowest BCUT2D eigenvalue weighted by Gasteiger charge is -2.13. The van der Waals surface area contributed by atoms with Gasteiger partial charge in [0, 0.05) is 83.6 Å². The number of carbonyl (C=O) groups is 2. The molecule has 0 amide bonds. The van der Waals surface area contributed by atoms with Gasteiger partial charge in [0.25, 0.3) is 20.0 Å². The summed E-state index contributed by atoms with van der Waals surface area (Å²) >= 11 is 12.7. The highest BCUT2D eigenvalue weighted by Crippen LogP contribution is 2.46. The molecule has 22 heteroatoms. The van der Waals surface area contributed by atoms with E-state index in [0.717, 1.165) is 83.2 Å². The number of ether oxygens (including phenoxy) is 2. The molecule has 15 nitrogen and oxygen atoms in total. The normalized spacial score (nSPS) is 14.7. The lowest BCUT2D eigenvalue weighted by Crippen LogP contribution is -2.15. The molecule has 75 heavy (non-hydrogen) atoms. The number of aryl methyl sites for hydroxylation is 4. The highest BCUT2D eigenvalue weighted by molar-refractivity contribution is 7.93. The molecule has 0 saturated heterocycles. The summed E-state index contributed by atoms with van der Waals surface area (Å²) in [5, 5.41) is 0.207. The molecular formula is C53H40ClN7O8S6. The minimum absolute atomic E-state index is 0.0108. The summed E-state index contributed by atoms with van der Waals surface area (Å²) in [6.07, 6.45) is 8.21. The van der Waals surface area contributed by atoms with E-state index in [2.05, 4.69) is 40.4 Å². The average Bonchev–Trinajstić information content (AvgIpc) is 4.23. The smallest absolute Gasteiger partial charge is 0.262 e. The Morgan fingerprint density at radius 3 is 1.80 bits per heavy atom. The summed E-state index contributed by atoms with van der Waals surface area (Å²) in [7, 11) is -5.26. The van der Waals surface area contributed by atoms with Gasteiger partial charge in [-0.15, -0.1) is 45.3 Å². The molecule has 0 aliphatic carbocycles. The first-order valence-electron chi connectivity index (χ1n) is 23.0. The van der Waals surface area contributed by atoms with Crippen LogP contribution in [0.2, 0.25) is 5.02 Å². The number of rotatable bonds is 2. The Labute approximate surface area is 451 Å². The molecule has 0 spiro atoms. The van der Waals surface area contributed by atoms with E-state index in [1.165, 1.54) is 55.9 Å². The number of carbonyl (C=O) groups excluding carboxylic acids is 2. The number of nitrogens with zero attached hydrogens (tertiary/aromatic N) is 5. The van der Waals surface area contributed by atoms with Gasteiger partial charge in [0.05, 0.1) is 54.3 Å². The van der Waals surface area contributed by atoms with Crippen molar-refractivity contribution < 1.29 is 35.9 Å². The van der Waals surface area contributed by atoms with Gasteiger partial charge < -0.3 is 9.47 Å². The lowest BCUT2D eigenvalue weighted by molar-refractivity contribution is 0.0975. The number of thiophene rings is 4. The molecule has 10 aromatic rings. The molecule has 2 N–H and O–H groups in total. The van der Waals surface area contributed by atoms with Gasteiger partial charge in [-0.05, 0) is 111 Å². The molecule has 8 aromatic heterocycles. The Bertz CT molecular complexity index is 4210. The summed E-state index contributed by atoms with van der Waals surface area (Å²) in [6.45, 7) is 3.99. The van der Waals surface area contributed by atoms with Crippen molar-refractivity contribution in [2.75, 3.05) is 23.7 Å². The molecule has 0 radical (unpaired) electrons. The first kappa shape index (κ1) is 50.2. The van der Waals surface area contributed by atoms with E-state index in [1.807, 2.05) is 38.1 Å². The molecule has 378 valence electrons. The van der Waals surface area contributed by atoms with E-state index in [9.17, 15) is 26.4 Å². The zero-order valence-corrected chi connectivity index (χ0v) is 45.7. The van der Waals surface area contributed by atoms with Crippen LogP contribution >= 0.6 is 56.9 Å². The molecule has 10 heterocycles. The van der Waals surface area contributed by atoms with Gasteiger partial charge in [-0.2, -0.15) is 0 Å². The Morgan fingerprint density at radius 1 is 0.560 bits per heavy atom. The van der Waals surface area contributed by atoms with Crippen LogP contribution in [0.5, 0.6) is 11.8 Å². The third-order valence-corrected chi connectivity index (χ3v) is 20.7. The number of fused-ring (bicyclic) bond motifs is 18. The van der Waals surface area contributed by atoms with Crippen LogP contribution in [0.15, 0.2) is 120 Å². The summed E-state index contributed by atoms with van der Waals surface area (Å²) in [5.41, 5.74) is 7.91. The van der Waals surface area contributed by atoms with Gasteiger partial charge in [-0.3, -0.25) is 24.0 Å². The molecule has 0 saturated carbocycles. The van der Waals surface area contributed by atoms with E-state index >= 15 is 0 Å². The van der Waals surface area contributed by atoms with Crippen LogP contribution in [0.1, 0.15) is 54.4 Å². The zero-order chi connectivity index (χ0) is 52.3. The summed E-state index contributed by atoms with van der Waals surface area (Å²) in [6, 6.07) is 23.8.